The van der Waals surface area contributed by atoms with Gasteiger partial charge >= 0.3 is 0 Å². The van der Waals surface area contributed by atoms with Crippen molar-refractivity contribution in [2.45, 2.75) is 37.6 Å². The Morgan fingerprint density at radius 1 is 1.23 bits per heavy atom. The number of primary amides is 1. The molecule has 0 aliphatic heterocycles. The van der Waals surface area contributed by atoms with E-state index in [4.69, 9.17) is 16.2 Å². The zero-order chi connectivity index (χ0) is 26.0. The van der Waals surface area contributed by atoms with E-state index in [1.807, 2.05) is 0 Å². The van der Waals surface area contributed by atoms with Gasteiger partial charge < -0.3 is 36.6 Å². The van der Waals surface area contributed by atoms with Gasteiger partial charge in [-0.05, 0) is 50.0 Å². The first-order chi connectivity index (χ1) is 16.4. The maximum absolute atomic E-state index is 13.7. The average Bonchev–Trinajstić information content (AvgIpc) is 2.77. The third-order valence-corrected chi connectivity index (χ3v) is 7.41. The fraction of sp³-hybridized carbons (Fsp3) is 0.458. The van der Waals surface area contributed by atoms with Crippen LogP contribution in [0.3, 0.4) is 0 Å². The molecular weight excluding hydrogens is 458 g/mol. The van der Waals surface area contributed by atoms with E-state index in [0.29, 0.717) is 16.7 Å². The Bertz CT molecular complexity index is 1220. The number of likely N-dealkylation sites (N-methyl/N-ethyl adjacent to an activating group) is 1. The summed E-state index contributed by atoms with van der Waals surface area (Å²) in [6, 6.07) is 0.630. The van der Waals surface area contributed by atoms with E-state index in [1.54, 1.807) is 20.2 Å². The number of methoxy groups -OCH3 is 1. The zero-order valence-electron chi connectivity index (χ0n) is 19.7. The predicted molar refractivity (Wildman–Crippen MR) is 122 cm³/mol. The number of aliphatic hydroxyl groups excluding tert-OH is 2. The molecule has 1 aromatic rings. The lowest BCUT2D eigenvalue weighted by Crippen LogP contribution is -2.63. The summed E-state index contributed by atoms with van der Waals surface area (Å²) in [4.78, 5) is 40.5. The number of phenolic OH excluding ortho intramolecular Hbond substituents is 1. The van der Waals surface area contributed by atoms with Crippen LogP contribution in [0.15, 0.2) is 28.7 Å². The molecule has 11 heteroatoms. The van der Waals surface area contributed by atoms with Crippen LogP contribution in [-0.2, 0) is 33.9 Å². The number of fused-ring (bicyclic) bond motifs is 3. The normalized spacial score (nSPS) is 28.2. The maximum atomic E-state index is 13.7. The number of rotatable bonds is 5. The number of aromatic hydroxyl groups is 1. The number of Topliss-reactive ketones (excluding diaryl/α,β-unsaturated/α-hetero) is 2. The smallest absolute Gasteiger partial charge is 0.255 e. The molecule has 188 valence electrons. The SMILES string of the molecule is COCc1cc(CN)c2c(c1O)C(=O)C1=C(O)C3(O)C(=O)C(C(N)=O)=C(O)C(N(C)C)C3CC1C2. The molecule has 0 saturated heterocycles. The Morgan fingerprint density at radius 3 is 2.43 bits per heavy atom. The van der Waals surface area contributed by atoms with Gasteiger partial charge in [-0.1, -0.05) is 0 Å². The highest BCUT2D eigenvalue weighted by Gasteiger charge is 2.63. The number of ether oxygens (including phenoxy) is 1. The topological polar surface area (TPSA) is 197 Å². The molecule has 4 rings (SSSR count). The lowest BCUT2D eigenvalue weighted by molar-refractivity contribution is -0.148. The number of carbonyl (C=O) groups excluding carboxylic acids is 3. The molecule has 4 atom stereocenters. The number of hydrogen-bond acceptors (Lipinski definition) is 10. The van der Waals surface area contributed by atoms with Crippen molar-refractivity contribution in [3.05, 3.63) is 51.0 Å². The summed E-state index contributed by atoms with van der Waals surface area (Å²) in [6.07, 6.45) is 0.220. The zero-order valence-corrected chi connectivity index (χ0v) is 19.7. The Hall–Kier alpha value is -3.25. The van der Waals surface area contributed by atoms with E-state index in [0.717, 1.165) is 0 Å². The Kier molecular flexibility index (Phi) is 6.00. The summed E-state index contributed by atoms with van der Waals surface area (Å²) in [5, 5.41) is 44.5. The van der Waals surface area contributed by atoms with Gasteiger partial charge in [0.2, 0.25) is 5.78 Å². The number of allylic oxidation sites excluding steroid dienone is 1. The van der Waals surface area contributed by atoms with Crippen LogP contribution in [0.5, 0.6) is 5.75 Å². The molecule has 11 nitrogen and oxygen atoms in total. The quantitative estimate of drug-likeness (QED) is 0.301. The number of hydrogen-bond donors (Lipinski definition) is 6. The van der Waals surface area contributed by atoms with Crippen LogP contribution in [0.2, 0.25) is 0 Å². The summed E-state index contributed by atoms with van der Waals surface area (Å²) >= 11 is 0. The van der Waals surface area contributed by atoms with Gasteiger partial charge in [0.15, 0.2) is 11.4 Å². The molecule has 35 heavy (non-hydrogen) atoms. The summed E-state index contributed by atoms with van der Waals surface area (Å²) in [5.74, 6) is -6.83. The highest BCUT2D eigenvalue weighted by atomic mass is 16.5. The van der Waals surface area contributed by atoms with Gasteiger partial charge in [0.25, 0.3) is 5.91 Å². The molecule has 8 N–H and O–H groups in total. The van der Waals surface area contributed by atoms with E-state index in [2.05, 4.69) is 0 Å². The summed E-state index contributed by atoms with van der Waals surface area (Å²) in [7, 11) is 4.59. The van der Waals surface area contributed by atoms with Crippen LogP contribution >= 0.6 is 0 Å². The largest absolute Gasteiger partial charge is 0.510 e. The molecule has 0 fully saturated rings. The maximum Gasteiger partial charge on any atom is 0.255 e. The molecular formula is C24H29N3O8. The first kappa shape index (κ1) is 24.9. The minimum atomic E-state index is -2.67. The van der Waals surface area contributed by atoms with Crippen LogP contribution in [0.25, 0.3) is 0 Å². The van der Waals surface area contributed by atoms with Crippen molar-refractivity contribution in [1.82, 2.24) is 4.90 Å². The molecule has 0 saturated carbocycles. The summed E-state index contributed by atoms with van der Waals surface area (Å²) in [6.45, 7) is 0.0942. The highest BCUT2D eigenvalue weighted by Crippen LogP contribution is 2.52. The van der Waals surface area contributed by atoms with Crippen molar-refractivity contribution in [2.24, 2.45) is 23.3 Å². The molecule has 4 unspecified atom stereocenters. The first-order valence-electron chi connectivity index (χ1n) is 11.1. The average molecular weight is 488 g/mol. The van der Waals surface area contributed by atoms with Gasteiger partial charge in [-0.2, -0.15) is 0 Å². The summed E-state index contributed by atoms with van der Waals surface area (Å²) in [5.41, 5.74) is 8.95. The standard InChI is InChI=1S/C24H29N3O8/c1-27(2)17-13-6-9-5-12-10(7-25)4-11(8-35-3)18(28)15(12)19(29)14(9)21(31)24(13,34)22(32)16(20(17)30)23(26)33/h4,9,13,17,28,30-31,34H,5-8,25H2,1-3H3,(H2,26,33). The lowest BCUT2D eigenvalue weighted by Gasteiger charge is -2.50. The number of benzene rings is 1. The fourth-order valence-corrected chi connectivity index (χ4v) is 5.91. The fourth-order valence-electron chi connectivity index (χ4n) is 5.91. The second-order valence-electron chi connectivity index (χ2n) is 9.50. The van der Waals surface area contributed by atoms with Crippen molar-refractivity contribution in [1.29, 1.82) is 0 Å². The van der Waals surface area contributed by atoms with E-state index in [-0.39, 0.29) is 42.9 Å². The number of carbonyl (C=O) groups is 3. The van der Waals surface area contributed by atoms with Crippen LogP contribution in [0.1, 0.15) is 33.5 Å². The minimum Gasteiger partial charge on any atom is -0.510 e. The van der Waals surface area contributed by atoms with Gasteiger partial charge in [-0.25, -0.2) is 0 Å². The van der Waals surface area contributed by atoms with Crippen LogP contribution in [0, 0.1) is 11.8 Å². The Labute approximate surface area is 201 Å². The number of ketones is 2. The van der Waals surface area contributed by atoms with Gasteiger partial charge in [-0.15, -0.1) is 0 Å². The van der Waals surface area contributed by atoms with E-state index in [1.165, 1.54) is 12.0 Å². The lowest BCUT2D eigenvalue weighted by atomic mass is 9.58. The van der Waals surface area contributed by atoms with Crippen molar-refractivity contribution < 1.29 is 39.5 Å². The van der Waals surface area contributed by atoms with Crippen molar-refractivity contribution in [3.63, 3.8) is 0 Å². The molecule has 0 aromatic heterocycles. The highest BCUT2D eigenvalue weighted by molar-refractivity contribution is 6.24. The molecule has 3 aliphatic carbocycles. The third kappa shape index (κ3) is 3.30. The van der Waals surface area contributed by atoms with Crippen LogP contribution in [0.4, 0.5) is 0 Å². The molecule has 1 amide bonds. The second kappa shape index (κ2) is 8.45. The van der Waals surface area contributed by atoms with Gasteiger partial charge in [0.05, 0.1) is 18.2 Å². The molecule has 0 bridgehead atoms. The number of amides is 1. The molecule has 0 spiro atoms. The van der Waals surface area contributed by atoms with Crippen molar-refractivity contribution in [2.75, 3.05) is 21.2 Å². The number of nitrogens with two attached hydrogens (primary N) is 2. The van der Waals surface area contributed by atoms with Crippen molar-refractivity contribution >= 4 is 17.5 Å². The monoisotopic (exact) mass is 487 g/mol. The van der Waals surface area contributed by atoms with Gasteiger partial charge in [0, 0.05) is 30.7 Å². The number of aliphatic hydroxyl groups is 3. The molecule has 0 radical (unpaired) electrons. The van der Waals surface area contributed by atoms with Crippen molar-refractivity contribution in [3.8, 4) is 5.75 Å². The van der Waals surface area contributed by atoms with Crippen LogP contribution < -0.4 is 11.5 Å². The third-order valence-electron chi connectivity index (χ3n) is 7.41. The Morgan fingerprint density at radius 2 is 1.89 bits per heavy atom. The van der Waals surface area contributed by atoms with Crippen LogP contribution in [-0.4, -0.2) is 75.6 Å². The first-order valence-corrected chi connectivity index (χ1v) is 11.1. The molecule has 3 aliphatic rings. The Balaban J connectivity index is 1.97. The van der Waals surface area contributed by atoms with E-state index < -0.39 is 58.0 Å². The number of phenols is 1. The summed E-state index contributed by atoms with van der Waals surface area (Å²) < 4.78 is 5.11. The van der Waals surface area contributed by atoms with Gasteiger partial charge in [0.1, 0.15) is 22.8 Å². The second-order valence-corrected chi connectivity index (χ2v) is 9.50. The minimum absolute atomic E-state index is 0.00884. The number of nitrogens with zero attached hydrogens (tertiary/aromatic N) is 1. The van der Waals surface area contributed by atoms with Gasteiger partial charge in [-0.3, -0.25) is 19.3 Å². The molecule has 1 aromatic carbocycles. The van der Waals surface area contributed by atoms with E-state index >= 15 is 0 Å². The molecule has 0 heterocycles. The van der Waals surface area contributed by atoms with E-state index in [9.17, 15) is 34.8 Å². The predicted octanol–water partition coefficient (Wildman–Crippen LogP) is -0.274.